The molecule has 1 fully saturated rings. The van der Waals surface area contributed by atoms with Gasteiger partial charge in [0.05, 0.1) is 6.04 Å². The molecule has 0 saturated carbocycles. The highest BCUT2D eigenvalue weighted by molar-refractivity contribution is 5.94. The Hall–Kier alpha value is -1.63. The average molecular weight is 306 g/mol. The van der Waals surface area contributed by atoms with Crippen LogP contribution in [0.3, 0.4) is 0 Å². The number of benzene rings is 1. The van der Waals surface area contributed by atoms with Crippen molar-refractivity contribution in [2.24, 2.45) is 5.73 Å². The van der Waals surface area contributed by atoms with Crippen LogP contribution < -0.4 is 15.8 Å². The fraction of sp³-hybridized carbons (Fsp3) is 0.562. The van der Waals surface area contributed by atoms with Gasteiger partial charge in [-0.25, -0.2) is 0 Å². The van der Waals surface area contributed by atoms with E-state index in [1.165, 1.54) is 0 Å². The molecular formula is C16H26N4O2. The summed E-state index contributed by atoms with van der Waals surface area (Å²) >= 11 is 0. The zero-order valence-electron chi connectivity index (χ0n) is 13.4. The molecule has 0 radical (unpaired) electrons. The minimum atomic E-state index is -0.514. The fourth-order valence-electron chi connectivity index (χ4n) is 2.25. The number of carbonyl (C=O) groups is 1. The number of amides is 1. The summed E-state index contributed by atoms with van der Waals surface area (Å²) in [5.74, 6) is 0.622. The first-order chi connectivity index (χ1) is 10.5. The molecule has 6 heteroatoms. The first-order valence-electron chi connectivity index (χ1n) is 7.75. The first kappa shape index (κ1) is 16.7. The maximum Gasteiger partial charge on any atom is 0.240 e. The van der Waals surface area contributed by atoms with E-state index in [2.05, 4.69) is 22.2 Å². The van der Waals surface area contributed by atoms with Crippen molar-refractivity contribution in [3.63, 3.8) is 0 Å². The molecule has 1 saturated heterocycles. The third kappa shape index (κ3) is 5.29. The largest absolute Gasteiger partial charge is 0.492 e. The molecule has 1 heterocycles. The van der Waals surface area contributed by atoms with Crippen LogP contribution in [0.25, 0.3) is 0 Å². The second kappa shape index (κ2) is 8.12. The smallest absolute Gasteiger partial charge is 0.240 e. The van der Waals surface area contributed by atoms with E-state index in [0.29, 0.717) is 6.61 Å². The average Bonchev–Trinajstić information content (AvgIpc) is 2.51. The molecule has 1 unspecified atom stereocenters. The van der Waals surface area contributed by atoms with Gasteiger partial charge in [0.1, 0.15) is 12.4 Å². The molecule has 1 aromatic rings. The number of carbonyl (C=O) groups excluding carboxylic acids is 1. The zero-order valence-corrected chi connectivity index (χ0v) is 13.4. The SMILES string of the molecule is CC(N)C(=O)Nc1ccc(OCCN2CCN(C)CC2)cc1. The van der Waals surface area contributed by atoms with Gasteiger partial charge in [0.25, 0.3) is 0 Å². The molecule has 1 aliphatic heterocycles. The molecule has 1 atom stereocenters. The molecule has 2 rings (SSSR count). The van der Waals surface area contributed by atoms with Gasteiger partial charge in [0.15, 0.2) is 0 Å². The van der Waals surface area contributed by atoms with Gasteiger partial charge in [-0.05, 0) is 38.2 Å². The summed E-state index contributed by atoms with van der Waals surface area (Å²) in [5, 5.41) is 2.75. The van der Waals surface area contributed by atoms with Gasteiger partial charge >= 0.3 is 0 Å². The van der Waals surface area contributed by atoms with Crippen LogP contribution in [0, 0.1) is 0 Å². The van der Waals surface area contributed by atoms with Crippen LogP contribution in [0.15, 0.2) is 24.3 Å². The highest BCUT2D eigenvalue weighted by atomic mass is 16.5. The molecule has 0 aliphatic carbocycles. The Balaban J connectivity index is 1.71. The maximum atomic E-state index is 11.5. The summed E-state index contributed by atoms with van der Waals surface area (Å²) in [6.45, 7) is 7.71. The van der Waals surface area contributed by atoms with Gasteiger partial charge in [-0.1, -0.05) is 0 Å². The second-order valence-corrected chi connectivity index (χ2v) is 5.80. The maximum absolute atomic E-state index is 11.5. The lowest BCUT2D eigenvalue weighted by Crippen LogP contribution is -2.45. The Bertz CT molecular complexity index is 468. The monoisotopic (exact) mass is 306 g/mol. The van der Waals surface area contributed by atoms with Crippen LogP contribution >= 0.6 is 0 Å². The van der Waals surface area contributed by atoms with Crippen molar-refractivity contribution in [3.8, 4) is 5.75 Å². The van der Waals surface area contributed by atoms with Crippen LogP contribution in [0.5, 0.6) is 5.75 Å². The number of nitrogens with zero attached hydrogens (tertiary/aromatic N) is 2. The normalized spacial score (nSPS) is 18.0. The van der Waals surface area contributed by atoms with Crippen molar-refractivity contribution < 1.29 is 9.53 Å². The topological polar surface area (TPSA) is 70.8 Å². The van der Waals surface area contributed by atoms with E-state index < -0.39 is 6.04 Å². The Morgan fingerprint density at radius 2 is 1.91 bits per heavy atom. The van der Waals surface area contributed by atoms with Crippen LogP contribution in [0.1, 0.15) is 6.92 Å². The molecule has 3 N–H and O–H groups in total. The molecule has 1 amide bonds. The van der Waals surface area contributed by atoms with Gasteiger partial charge in [-0.15, -0.1) is 0 Å². The fourth-order valence-corrected chi connectivity index (χ4v) is 2.25. The van der Waals surface area contributed by atoms with Crippen molar-refractivity contribution in [1.82, 2.24) is 9.80 Å². The van der Waals surface area contributed by atoms with E-state index in [4.69, 9.17) is 10.5 Å². The lowest BCUT2D eigenvalue weighted by atomic mass is 10.2. The van der Waals surface area contributed by atoms with E-state index in [9.17, 15) is 4.79 Å². The van der Waals surface area contributed by atoms with E-state index in [-0.39, 0.29) is 5.91 Å². The quantitative estimate of drug-likeness (QED) is 0.805. The first-order valence-corrected chi connectivity index (χ1v) is 7.75. The van der Waals surface area contributed by atoms with E-state index in [0.717, 1.165) is 44.2 Å². The number of piperazine rings is 1. The van der Waals surface area contributed by atoms with Crippen molar-refractivity contribution in [3.05, 3.63) is 24.3 Å². The van der Waals surface area contributed by atoms with E-state index >= 15 is 0 Å². The lowest BCUT2D eigenvalue weighted by Gasteiger charge is -2.32. The van der Waals surface area contributed by atoms with Crippen molar-refractivity contribution >= 4 is 11.6 Å². The highest BCUT2D eigenvalue weighted by Gasteiger charge is 2.13. The zero-order chi connectivity index (χ0) is 15.9. The predicted molar refractivity (Wildman–Crippen MR) is 88.2 cm³/mol. The Morgan fingerprint density at radius 3 is 2.50 bits per heavy atom. The summed E-state index contributed by atoms with van der Waals surface area (Å²) in [7, 11) is 2.15. The molecule has 0 spiro atoms. The molecule has 22 heavy (non-hydrogen) atoms. The molecule has 1 aromatic carbocycles. The van der Waals surface area contributed by atoms with Crippen molar-refractivity contribution in [1.29, 1.82) is 0 Å². The second-order valence-electron chi connectivity index (χ2n) is 5.80. The third-order valence-corrected chi connectivity index (χ3v) is 3.81. The number of hydrogen-bond acceptors (Lipinski definition) is 5. The summed E-state index contributed by atoms with van der Waals surface area (Å²) in [4.78, 5) is 16.2. The third-order valence-electron chi connectivity index (χ3n) is 3.81. The number of rotatable bonds is 6. The number of nitrogens with two attached hydrogens (primary N) is 1. The number of anilines is 1. The minimum Gasteiger partial charge on any atom is -0.492 e. The molecular weight excluding hydrogens is 280 g/mol. The minimum absolute atomic E-state index is 0.191. The molecule has 0 bridgehead atoms. The summed E-state index contributed by atoms with van der Waals surface area (Å²) in [6.07, 6.45) is 0. The highest BCUT2D eigenvalue weighted by Crippen LogP contribution is 2.15. The number of nitrogens with one attached hydrogen (secondary N) is 1. The summed E-state index contributed by atoms with van der Waals surface area (Å²) < 4.78 is 5.75. The summed E-state index contributed by atoms with van der Waals surface area (Å²) in [6, 6.07) is 6.86. The van der Waals surface area contributed by atoms with Crippen molar-refractivity contribution in [2.75, 3.05) is 51.7 Å². The number of ether oxygens (including phenoxy) is 1. The van der Waals surface area contributed by atoms with Gasteiger partial charge in [-0.2, -0.15) is 0 Å². The van der Waals surface area contributed by atoms with Crippen LogP contribution in [0.2, 0.25) is 0 Å². The molecule has 6 nitrogen and oxygen atoms in total. The molecule has 0 aromatic heterocycles. The van der Waals surface area contributed by atoms with Gasteiger partial charge in [0, 0.05) is 38.4 Å². The Labute approximate surface area is 132 Å². The standard InChI is InChI=1S/C16H26N4O2/c1-13(17)16(21)18-14-3-5-15(6-4-14)22-12-11-20-9-7-19(2)8-10-20/h3-6,13H,7-12,17H2,1-2H3,(H,18,21). The van der Waals surface area contributed by atoms with Gasteiger partial charge < -0.3 is 20.7 Å². The van der Waals surface area contributed by atoms with Gasteiger partial charge in [-0.3, -0.25) is 9.69 Å². The van der Waals surface area contributed by atoms with Gasteiger partial charge in [0.2, 0.25) is 5.91 Å². The summed E-state index contributed by atoms with van der Waals surface area (Å²) in [5.41, 5.74) is 6.24. The van der Waals surface area contributed by atoms with Crippen molar-refractivity contribution in [2.45, 2.75) is 13.0 Å². The van der Waals surface area contributed by atoms with Crippen LogP contribution in [-0.4, -0.2) is 68.1 Å². The molecule has 1 aliphatic rings. The lowest BCUT2D eigenvalue weighted by molar-refractivity contribution is -0.117. The number of likely N-dealkylation sites (N-methyl/N-ethyl adjacent to an activating group) is 1. The Morgan fingerprint density at radius 1 is 1.27 bits per heavy atom. The van der Waals surface area contributed by atoms with Crippen LogP contribution in [0.4, 0.5) is 5.69 Å². The number of hydrogen-bond donors (Lipinski definition) is 2. The predicted octanol–water partition coefficient (Wildman–Crippen LogP) is 0.599. The van der Waals surface area contributed by atoms with E-state index in [1.807, 2.05) is 24.3 Å². The van der Waals surface area contributed by atoms with Crippen LogP contribution in [-0.2, 0) is 4.79 Å². The Kier molecular flexibility index (Phi) is 6.18. The van der Waals surface area contributed by atoms with E-state index in [1.54, 1.807) is 6.92 Å². The molecule has 122 valence electrons.